The number of carbonyl (C=O) groups excluding carboxylic acids is 4. The van der Waals surface area contributed by atoms with E-state index in [1.54, 1.807) is 12.3 Å². The highest BCUT2D eigenvalue weighted by atomic mass is 32.2. The van der Waals surface area contributed by atoms with Gasteiger partial charge < -0.3 is 29.4 Å². The second kappa shape index (κ2) is 13.8. The number of amides is 4. The van der Waals surface area contributed by atoms with Gasteiger partial charge in [0.1, 0.15) is 35.1 Å². The Morgan fingerprint density at radius 3 is 2.37 bits per heavy atom. The van der Waals surface area contributed by atoms with Crippen LogP contribution in [0.2, 0.25) is 0 Å². The lowest BCUT2D eigenvalue weighted by Crippen LogP contribution is -2.60. The number of nitrogens with one attached hydrogen (secondary N) is 3. The molecule has 0 spiro atoms. The van der Waals surface area contributed by atoms with Crippen LogP contribution in [0.1, 0.15) is 77.7 Å². The van der Waals surface area contributed by atoms with E-state index in [-0.39, 0.29) is 25.5 Å². The smallest absolute Gasteiger partial charge is 0.408 e. The van der Waals surface area contributed by atoms with E-state index in [2.05, 4.69) is 21.9 Å². The van der Waals surface area contributed by atoms with Crippen LogP contribution in [-0.2, 0) is 39.5 Å². The summed E-state index contributed by atoms with van der Waals surface area (Å²) < 4.78 is 45.1. The fourth-order valence-corrected chi connectivity index (χ4v) is 8.72. The number of nitrogens with zero attached hydrogens (tertiary/aromatic N) is 1. The molecule has 1 aromatic heterocycles. The molecule has 3 saturated carbocycles. The van der Waals surface area contributed by atoms with E-state index in [1.807, 2.05) is 51.1 Å². The number of sulfonamides is 1. The summed E-state index contributed by atoms with van der Waals surface area (Å²) in [6.07, 6.45) is 6.65. The molecule has 5 atom stereocenters. The lowest BCUT2D eigenvalue weighted by atomic mass is 9.85. The van der Waals surface area contributed by atoms with Gasteiger partial charge in [-0.05, 0) is 74.1 Å². The molecule has 276 valence electrons. The number of hydrogen-bond donors (Lipinski definition) is 3. The van der Waals surface area contributed by atoms with Crippen LogP contribution in [0.5, 0.6) is 0 Å². The van der Waals surface area contributed by atoms with Crippen molar-refractivity contribution < 1.29 is 41.5 Å². The molecule has 0 bridgehead atoms. The van der Waals surface area contributed by atoms with Gasteiger partial charge in [-0.2, -0.15) is 0 Å². The standard InChI is InChI=1S/C37H48N4O9S/c1-6-24-20-37(24,33(44)40-51(46,47)27-16-17-27)39-31(42)28-21-36(48-5,25-12-9-11-23(19-25)29-15-10-18-49-29)22-41(28)32(43)30(35(2,3)4)38-34(45)50-26-13-7-8-14-26/h6,9-12,15,18-19,24,26-28,30H,1,7-8,13-14,16-17,20-22H2,2-5H3,(H,38,45)(H,39,42)(H,40,44)/t24-,28+,30-,36+,37-/m1/s1. The van der Waals surface area contributed by atoms with Gasteiger partial charge in [0, 0.05) is 25.0 Å². The zero-order valence-electron chi connectivity index (χ0n) is 29.6. The van der Waals surface area contributed by atoms with Crippen molar-refractivity contribution in [1.29, 1.82) is 0 Å². The molecule has 3 aliphatic carbocycles. The number of rotatable bonds is 12. The zero-order chi connectivity index (χ0) is 36.8. The minimum absolute atomic E-state index is 0.00287. The molecule has 6 rings (SSSR count). The fraction of sp³-hybridized carbons (Fsp3) is 0.568. The number of hydrogen-bond acceptors (Lipinski definition) is 9. The van der Waals surface area contributed by atoms with Gasteiger partial charge in [0.05, 0.1) is 18.1 Å². The predicted molar refractivity (Wildman–Crippen MR) is 187 cm³/mol. The van der Waals surface area contributed by atoms with Gasteiger partial charge in [-0.15, -0.1) is 6.58 Å². The normalized spacial score (nSPS) is 27.0. The average Bonchev–Trinajstić information content (AvgIpc) is 3.84. The largest absolute Gasteiger partial charge is 0.464 e. The first-order valence-electron chi connectivity index (χ1n) is 17.6. The molecule has 3 N–H and O–H groups in total. The lowest BCUT2D eigenvalue weighted by molar-refractivity contribution is -0.143. The molecule has 4 amide bonds. The first kappa shape index (κ1) is 36.6. The van der Waals surface area contributed by atoms with Gasteiger partial charge >= 0.3 is 6.09 Å². The van der Waals surface area contributed by atoms with Gasteiger partial charge in [0.2, 0.25) is 21.8 Å². The SMILES string of the molecule is C=C[C@@H]1C[C@]1(NC(=O)[C@@H]1C[C@@](OC)(c2cccc(-c3ccco3)c2)CN1C(=O)[C@@H](NC(=O)OC1CCCC1)C(C)(C)C)C(=O)NS(=O)(=O)C1CC1. The zero-order valence-corrected chi connectivity index (χ0v) is 30.4. The second-order valence-corrected chi connectivity index (χ2v) is 17.3. The van der Waals surface area contributed by atoms with Gasteiger partial charge in [-0.3, -0.25) is 19.1 Å². The Balaban J connectivity index is 1.33. The molecule has 1 aliphatic heterocycles. The van der Waals surface area contributed by atoms with Crippen molar-refractivity contribution in [2.75, 3.05) is 13.7 Å². The van der Waals surface area contributed by atoms with Crippen molar-refractivity contribution in [2.24, 2.45) is 11.3 Å². The van der Waals surface area contributed by atoms with Crippen LogP contribution < -0.4 is 15.4 Å². The van der Waals surface area contributed by atoms with Crippen molar-refractivity contribution in [3.8, 4) is 11.3 Å². The minimum atomic E-state index is -3.90. The summed E-state index contributed by atoms with van der Waals surface area (Å²) in [5.41, 5.74) is -2.08. The number of carbonyl (C=O) groups is 4. The summed E-state index contributed by atoms with van der Waals surface area (Å²) >= 11 is 0. The van der Waals surface area contributed by atoms with Crippen LogP contribution >= 0.6 is 0 Å². The maximum absolute atomic E-state index is 14.7. The van der Waals surface area contributed by atoms with Gasteiger partial charge in [-0.1, -0.05) is 45.0 Å². The Hall–Kier alpha value is -4.17. The van der Waals surface area contributed by atoms with Crippen molar-refractivity contribution >= 4 is 33.8 Å². The third-order valence-electron chi connectivity index (χ3n) is 10.7. The van der Waals surface area contributed by atoms with E-state index in [4.69, 9.17) is 13.9 Å². The van der Waals surface area contributed by atoms with Crippen LogP contribution in [0, 0.1) is 11.3 Å². The first-order chi connectivity index (χ1) is 24.1. The van der Waals surface area contributed by atoms with E-state index >= 15 is 0 Å². The number of methoxy groups -OCH3 is 1. The quantitative estimate of drug-likeness (QED) is 0.272. The molecule has 1 aromatic carbocycles. The lowest BCUT2D eigenvalue weighted by Gasteiger charge is -2.36. The molecule has 0 unspecified atom stereocenters. The van der Waals surface area contributed by atoms with Gasteiger partial charge in [0.15, 0.2) is 0 Å². The Labute approximate surface area is 298 Å². The van der Waals surface area contributed by atoms with Crippen molar-refractivity contribution in [3.05, 3.63) is 60.9 Å². The topological polar surface area (TPSA) is 173 Å². The van der Waals surface area contributed by atoms with E-state index in [1.165, 1.54) is 18.1 Å². The molecule has 2 aromatic rings. The number of furan rings is 1. The predicted octanol–water partition coefficient (Wildman–Crippen LogP) is 4.14. The summed E-state index contributed by atoms with van der Waals surface area (Å²) in [7, 11) is -2.39. The average molecular weight is 725 g/mol. The van der Waals surface area contributed by atoms with Crippen LogP contribution in [-0.4, -0.2) is 79.8 Å². The first-order valence-corrected chi connectivity index (χ1v) is 19.1. The molecule has 51 heavy (non-hydrogen) atoms. The van der Waals surface area contributed by atoms with Crippen molar-refractivity contribution in [2.45, 2.75) is 107 Å². The molecule has 13 nitrogen and oxygen atoms in total. The number of likely N-dealkylation sites (tertiary alicyclic amines) is 1. The van der Waals surface area contributed by atoms with E-state index in [0.29, 0.717) is 24.2 Å². The third-order valence-corrected chi connectivity index (χ3v) is 12.5. The fourth-order valence-electron chi connectivity index (χ4n) is 7.35. The summed E-state index contributed by atoms with van der Waals surface area (Å²) in [6.45, 7) is 9.16. The maximum atomic E-state index is 14.7. The highest BCUT2D eigenvalue weighted by Crippen LogP contribution is 2.47. The molecule has 14 heteroatoms. The second-order valence-electron chi connectivity index (χ2n) is 15.4. The Kier molecular flexibility index (Phi) is 9.88. The van der Waals surface area contributed by atoms with Crippen LogP contribution in [0.3, 0.4) is 0 Å². The van der Waals surface area contributed by atoms with Crippen molar-refractivity contribution in [3.63, 3.8) is 0 Å². The summed E-state index contributed by atoms with van der Waals surface area (Å²) in [4.78, 5) is 57.2. The summed E-state index contributed by atoms with van der Waals surface area (Å²) in [6, 6.07) is 8.79. The van der Waals surface area contributed by atoms with E-state index < -0.39 is 73.6 Å². The van der Waals surface area contributed by atoms with Crippen molar-refractivity contribution in [1.82, 2.24) is 20.3 Å². The highest BCUT2D eigenvalue weighted by Gasteiger charge is 2.62. The molecule has 4 fully saturated rings. The Morgan fingerprint density at radius 1 is 1.06 bits per heavy atom. The third kappa shape index (κ3) is 7.43. The van der Waals surface area contributed by atoms with E-state index in [9.17, 15) is 27.6 Å². The van der Waals surface area contributed by atoms with Crippen LogP contribution in [0.15, 0.2) is 59.7 Å². The number of alkyl carbamates (subject to hydrolysis) is 1. The molecular weight excluding hydrogens is 676 g/mol. The Morgan fingerprint density at radius 2 is 1.78 bits per heavy atom. The number of ether oxygens (including phenoxy) is 2. The molecule has 0 radical (unpaired) electrons. The maximum Gasteiger partial charge on any atom is 0.408 e. The summed E-state index contributed by atoms with van der Waals surface area (Å²) in [5, 5.41) is 4.98. The van der Waals surface area contributed by atoms with E-state index in [0.717, 1.165) is 31.2 Å². The van der Waals surface area contributed by atoms with Gasteiger partial charge in [0.25, 0.3) is 5.91 Å². The van der Waals surface area contributed by atoms with Crippen LogP contribution in [0.25, 0.3) is 11.3 Å². The monoisotopic (exact) mass is 724 g/mol. The highest BCUT2D eigenvalue weighted by molar-refractivity contribution is 7.91. The number of benzene rings is 1. The molecule has 4 aliphatic rings. The molecule has 1 saturated heterocycles. The van der Waals surface area contributed by atoms with Crippen LogP contribution in [0.4, 0.5) is 4.79 Å². The minimum Gasteiger partial charge on any atom is -0.464 e. The van der Waals surface area contributed by atoms with Gasteiger partial charge in [-0.25, -0.2) is 13.2 Å². The molecule has 2 heterocycles. The Bertz CT molecular complexity index is 1780. The molecular formula is C37H48N4O9S. The summed E-state index contributed by atoms with van der Waals surface area (Å²) in [5.74, 6) is -1.92.